The molecule has 6 unspecified atom stereocenters. The van der Waals surface area contributed by atoms with E-state index in [1.165, 1.54) is 11.3 Å². The Balaban J connectivity index is 1.36. The molecule has 0 N–H and O–H groups in total. The third-order valence-electron chi connectivity index (χ3n) is 7.28. The number of carbonyl (C=O) groups excluding carboxylic acids is 2. The fraction of sp³-hybridized carbons (Fsp3) is 0.304. The second kappa shape index (κ2) is 4.50. The Kier molecular flexibility index (Phi) is 2.37. The molecular weight excluding hydrogens is 338 g/mol. The molecular formula is C23H17NO3. The summed E-state index contributed by atoms with van der Waals surface area (Å²) in [5.74, 6) is 1.37. The van der Waals surface area contributed by atoms with Gasteiger partial charge in [-0.2, -0.15) is 0 Å². The van der Waals surface area contributed by atoms with E-state index in [2.05, 4.69) is 12.2 Å². The van der Waals surface area contributed by atoms with Gasteiger partial charge in [0.05, 0.1) is 17.5 Å². The van der Waals surface area contributed by atoms with Gasteiger partial charge in [-0.15, -0.1) is 0 Å². The smallest absolute Gasteiger partial charge is 0.238 e. The number of furan rings is 1. The summed E-state index contributed by atoms with van der Waals surface area (Å²) in [6, 6.07) is 13.6. The Morgan fingerprint density at radius 3 is 2.22 bits per heavy atom. The number of imide groups is 1. The van der Waals surface area contributed by atoms with E-state index in [4.69, 9.17) is 4.42 Å². The topological polar surface area (TPSA) is 50.5 Å². The molecule has 4 aliphatic carbocycles. The number of fused-ring (bicyclic) bond motifs is 3. The molecule has 2 amide bonds. The van der Waals surface area contributed by atoms with Crippen molar-refractivity contribution in [3.05, 3.63) is 54.6 Å². The predicted molar refractivity (Wildman–Crippen MR) is 101 cm³/mol. The zero-order valence-electron chi connectivity index (χ0n) is 14.5. The summed E-state index contributed by atoms with van der Waals surface area (Å²) in [6.07, 6.45) is 5.59. The number of nitrogens with zero attached hydrogens (tertiary/aromatic N) is 1. The highest BCUT2D eigenvalue weighted by Gasteiger charge is 2.67. The number of allylic oxidation sites excluding steroid dienone is 2. The van der Waals surface area contributed by atoms with Gasteiger partial charge in [0.25, 0.3) is 0 Å². The maximum atomic E-state index is 13.3. The quantitative estimate of drug-likeness (QED) is 0.487. The van der Waals surface area contributed by atoms with Crippen molar-refractivity contribution < 1.29 is 14.0 Å². The van der Waals surface area contributed by atoms with Crippen LogP contribution in [0, 0.1) is 35.5 Å². The van der Waals surface area contributed by atoms with Crippen molar-refractivity contribution in [1.29, 1.82) is 0 Å². The summed E-state index contributed by atoms with van der Waals surface area (Å²) in [6.45, 7) is 0. The van der Waals surface area contributed by atoms with Gasteiger partial charge >= 0.3 is 0 Å². The van der Waals surface area contributed by atoms with E-state index in [0.717, 1.165) is 16.4 Å². The minimum atomic E-state index is -0.164. The Labute approximate surface area is 155 Å². The van der Waals surface area contributed by atoms with Crippen LogP contribution in [0.5, 0.6) is 0 Å². The molecule has 6 atom stereocenters. The van der Waals surface area contributed by atoms with Gasteiger partial charge in [0, 0.05) is 16.8 Å². The number of carbonyl (C=O) groups is 2. The van der Waals surface area contributed by atoms with Crippen LogP contribution in [0.15, 0.2) is 59.0 Å². The molecule has 3 aromatic rings. The van der Waals surface area contributed by atoms with E-state index in [9.17, 15) is 9.59 Å². The minimum absolute atomic E-state index is 0.0230. The number of hydrogen-bond donors (Lipinski definition) is 0. The van der Waals surface area contributed by atoms with E-state index >= 15 is 0 Å². The van der Waals surface area contributed by atoms with Crippen molar-refractivity contribution in [2.24, 2.45) is 35.5 Å². The summed E-state index contributed by atoms with van der Waals surface area (Å²) < 4.78 is 5.96. The number of rotatable bonds is 1. The Hall–Kier alpha value is -2.88. The molecule has 4 nitrogen and oxygen atoms in total. The number of anilines is 1. The normalized spacial score (nSPS) is 35.9. The van der Waals surface area contributed by atoms with Crippen LogP contribution in [0.2, 0.25) is 0 Å². The number of amides is 2. The third-order valence-corrected chi connectivity index (χ3v) is 7.28. The first-order chi connectivity index (χ1) is 13.2. The molecule has 3 fully saturated rings. The molecule has 5 aliphatic rings. The molecule has 8 rings (SSSR count). The lowest BCUT2D eigenvalue weighted by molar-refractivity contribution is -0.124. The number of hydrogen-bond acceptors (Lipinski definition) is 3. The second-order valence-electron chi connectivity index (χ2n) is 8.45. The summed E-state index contributed by atoms with van der Waals surface area (Å²) in [5.41, 5.74) is 2.17. The molecule has 27 heavy (non-hydrogen) atoms. The minimum Gasteiger partial charge on any atom is -0.456 e. The lowest BCUT2D eigenvalue weighted by Gasteiger charge is -2.37. The lowest BCUT2D eigenvalue weighted by Crippen LogP contribution is -2.40. The van der Waals surface area contributed by atoms with E-state index in [1.807, 2.05) is 42.5 Å². The maximum Gasteiger partial charge on any atom is 0.238 e. The van der Waals surface area contributed by atoms with E-state index in [1.54, 1.807) is 0 Å². The molecule has 132 valence electrons. The fourth-order valence-corrected chi connectivity index (χ4v) is 6.07. The fourth-order valence-electron chi connectivity index (χ4n) is 6.07. The average Bonchev–Trinajstić information content (AvgIpc) is 3.38. The summed E-state index contributed by atoms with van der Waals surface area (Å²) in [4.78, 5) is 27.9. The molecule has 1 saturated heterocycles. The predicted octanol–water partition coefficient (Wildman–Crippen LogP) is 4.14. The van der Waals surface area contributed by atoms with Crippen LogP contribution in [-0.2, 0) is 9.59 Å². The SMILES string of the molecule is O=C1C2C3C=CC(C4CC34)C2C(=O)N1c1ccc2c(c1)oc1ccccc12. The first-order valence-corrected chi connectivity index (χ1v) is 9.70. The van der Waals surface area contributed by atoms with Crippen molar-refractivity contribution in [2.45, 2.75) is 6.42 Å². The van der Waals surface area contributed by atoms with Crippen LogP contribution in [0.4, 0.5) is 5.69 Å². The van der Waals surface area contributed by atoms with Crippen LogP contribution in [0.25, 0.3) is 21.9 Å². The monoisotopic (exact) mass is 355 g/mol. The van der Waals surface area contributed by atoms with Crippen molar-refractivity contribution in [3.63, 3.8) is 0 Å². The van der Waals surface area contributed by atoms with Crippen molar-refractivity contribution in [3.8, 4) is 0 Å². The molecule has 2 bridgehead atoms. The number of benzene rings is 2. The molecule has 1 aromatic heterocycles. The summed E-state index contributed by atoms with van der Waals surface area (Å²) in [7, 11) is 0. The lowest BCUT2D eigenvalue weighted by atomic mass is 9.63. The highest BCUT2D eigenvalue weighted by Crippen LogP contribution is 2.65. The first kappa shape index (κ1) is 14.2. The van der Waals surface area contributed by atoms with Gasteiger partial charge in [0.1, 0.15) is 11.2 Å². The standard InChI is InChI=1S/C23H17NO3/c25-22-20-14-7-8-15(17-10-16(14)17)21(20)23(26)24(22)11-5-6-13-12-3-1-2-4-18(12)27-19(13)9-11/h1-9,14-17,20-21H,10H2. The third kappa shape index (κ3) is 1.61. The Morgan fingerprint density at radius 1 is 0.815 bits per heavy atom. The molecule has 0 radical (unpaired) electrons. The zero-order chi connectivity index (χ0) is 17.9. The van der Waals surface area contributed by atoms with Crippen molar-refractivity contribution >= 4 is 39.4 Å². The molecule has 1 aliphatic heterocycles. The zero-order valence-corrected chi connectivity index (χ0v) is 14.5. The van der Waals surface area contributed by atoms with Gasteiger partial charge in [-0.05, 0) is 48.3 Å². The van der Waals surface area contributed by atoms with Crippen LogP contribution in [0.3, 0.4) is 0 Å². The van der Waals surface area contributed by atoms with Crippen LogP contribution >= 0.6 is 0 Å². The van der Waals surface area contributed by atoms with Crippen LogP contribution < -0.4 is 4.90 Å². The Morgan fingerprint density at radius 2 is 1.48 bits per heavy atom. The second-order valence-corrected chi connectivity index (χ2v) is 8.45. The summed E-state index contributed by atoms with van der Waals surface area (Å²) >= 11 is 0. The average molecular weight is 355 g/mol. The molecule has 0 spiro atoms. The Bertz CT molecular complexity index is 1170. The highest BCUT2D eigenvalue weighted by atomic mass is 16.3. The van der Waals surface area contributed by atoms with Gasteiger partial charge in [-0.1, -0.05) is 30.4 Å². The van der Waals surface area contributed by atoms with Crippen molar-refractivity contribution in [1.82, 2.24) is 0 Å². The largest absolute Gasteiger partial charge is 0.456 e. The highest BCUT2D eigenvalue weighted by molar-refractivity contribution is 6.23. The van der Waals surface area contributed by atoms with Gasteiger partial charge in [0.2, 0.25) is 11.8 Å². The van der Waals surface area contributed by atoms with Crippen LogP contribution in [-0.4, -0.2) is 11.8 Å². The van der Waals surface area contributed by atoms with Gasteiger partial charge in [-0.3, -0.25) is 9.59 Å². The van der Waals surface area contributed by atoms with Gasteiger partial charge in [0.15, 0.2) is 0 Å². The van der Waals surface area contributed by atoms with Gasteiger partial charge in [-0.25, -0.2) is 4.90 Å². The first-order valence-electron chi connectivity index (χ1n) is 9.70. The number of para-hydroxylation sites is 1. The van der Waals surface area contributed by atoms with E-state index < -0.39 is 0 Å². The van der Waals surface area contributed by atoms with Gasteiger partial charge < -0.3 is 4.42 Å². The molecule has 2 aromatic carbocycles. The van der Waals surface area contributed by atoms with E-state index in [0.29, 0.717) is 23.1 Å². The van der Waals surface area contributed by atoms with Crippen molar-refractivity contribution in [2.75, 3.05) is 4.90 Å². The molecule has 4 heteroatoms. The maximum absolute atomic E-state index is 13.3. The van der Waals surface area contributed by atoms with E-state index in [-0.39, 0.29) is 35.5 Å². The molecule has 2 saturated carbocycles. The molecule has 2 heterocycles. The summed E-state index contributed by atoms with van der Waals surface area (Å²) in [5, 5.41) is 2.06. The van der Waals surface area contributed by atoms with Crippen LogP contribution in [0.1, 0.15) is 6.42 Å².